The molecular formula is C12H10N2O6. The van der Waals surface area contributed by atoms with Gasteiger partial charge in [0.15, 0.2) is 0 Å². The van der Waals surface area contributed by atoms with Crippen molar-refractivity contribution < 1.29 is 19.1 Å². The van der Waals surface area contributed by atoms with Crippen molar-refractivity contribution >= 4 is 23.0 Å². The van der Waals surface area contributed by atoms with Crippen molar-refractivity contribution in [1.29, 1.82) is 0 Å². The van der Waals surface area contributed by atoms with Crippen molar-refractivity contribution in [2.45, 2.75) is 0 Å². The fourth-order valence-electron chi connectivity index (χ4n) is 1.78. The Kier molecular flexibility index (Phi) is 3.38. The third kappa shape index (κ3) is 2.07. The van der Waals surface area contributed by atoms with Gasteiger partial charge in [0.05, 0.1) is 36.4 Å². The van der Waals surface area contributed by atoms with Gasteiger partial charge in [0, 0.05) is 0 Å². The summed E-state index contributed by atoms with van der Waals surface area (Å²) in [6.07, 6.45) is 0. The lowest BCUT2D eigenvalue weighted by atomic mass is 10.1. The molecular weight excluding hydrogens is 268 g/mol. The van der Waals surface area contributed by atoms with E-state index in [2.05, 4.69) is 19.4 Å². The van der Waals surface area contributed by atoms with Gasteiger partial charge in [0.1, 0.15) is 0 Å². The Morgan fingerprint density at radius 1 is 0.950 bits per heavy atom. The molecule has 0 saturated carbocycles. The zero-order chi connectivity index (χ0) is 14.9. The second-order valence-electron chi connectivity index (χ2n) is 3.80. The van der Waals surface area contributed by atoms with Gasteiger partial charge < -0.3 is 19.4 Å². The van der Waals surface area contributed by atoms with Crippen LogP contribution in [0.25, 0.3) is 11.0 Å². The summed E-state index contributed by atoms with van der Waals surface area (Å²) in [5.74, 6) is -1.60. The van der Waals surface area contributed by atoms with Crippen molar-refractivity contribution in [2.75, 3.05) is 14.2 Å². The third-order valence-electron chi connectivity index (χ3n) is 2.69. The van der Waals surface area contributed by atoms with Crippen LogP contribution in [0.1, 0.15) is 20.7 Å². The van der Waals surface area contributed by atoms with Gasteiger partial charge in [-0.05, 0) is 12.1 Å². The molecule has 8 nitrogen and oxygen atoms in total. The zero-order valence-electron chi connectivity index (χ0n) is 10.6. The molecule has 104 valence electrons. The molecule has 0 saturated heterocycles. The molecule has 0 fully saturated rings. The maximum atomic E-state index is 11.8. The van der Waals surface area contributed by atoms with Crippen LogP contribution < -0.4 is 11.1 Å². The molecule has 0 radical (unpaired) electrons. The minimum Gasteiger partial charge on any atom is -0.465 e. The molecule has 20 heavy (non-hydrogen) atoms. The predicted molar refractivity (Wildman–Crippen MR) is 67.9 cm³/mol. The quantitative estimate of drug-likeness (QED) is 0.579. The lowest BCUT2D eigenvalue weighted by molar-refractivity contribution is 0.0557. The monoisotopic (exact) mass is 278 g/mol. The summed E-state index contributed by atoms with van der Waals surface area (Å²) < 4.78 is 9.15. The number of nitrogens with one attached hydrogen (secondary N) is 2. The summed E-state index contributed by atoms with van der Waals surface area (Å²) in [6, 6.07) is 2.68. The molecule has 0 aliphatic carbocycles. The van der Waals surface area contributed by atoms with Gasteiger partial charge in [-0.2, -0.15) is 0 Å². The van der Waals surface area contributed by atoms with Crippen LogP contribution in [-0.2, 0) is 9.47 Å². The highest BCUT2D eigenvalue weighted by molar-refractivity contribution is 6.10. The first-order valence-electron chi connectivity index (χ1n) is 5.45. The van der Waals surface area contributed by atoms with Crippen LogP contribution in [0.3, 0.4) is 0 Å². The highest BCUT2D eigenvalue weighted by Gasteiger charge is 2.22. The van der Waals surface area contributed by atoms with Gasteiger partial charge in [0.2, 0.25) is 0 Å². The number of aromatic amines is 2. The van der Waals surface area contributed by atoms with E-state index >= 15 is 0 Å². The first-order valence-corrected chi connectivity index (χ1v) is 5.45. The van der Waals surface area contributed by atoms with E-state index in [0.717, 1.165) is 14.2 Å². The number of carbonyl (C=O) groups excluding carboxylic acids is 2. The Balaban J connectivity index is 2.93. The summed E-state index contributed by atoms with van der Waals surface area (Å²) >= 11 is 0. The molecule has 8 heteroatoms. The molecule has 1 aromatic heterocycles. The van der Waals surface area contributed by atoms with Gasteiger partial charge >= 0.3 is 23.1 Å². The topological polar surface area (TPSA) is 118 Å². The maximum Gasteiger partial charge on any atom is 0.340 e. The first-order chi connectivity index (χ1) is 9.49. The van der Waals surface area contributed by atoms with Crippen LogP contribution in [0, 0.1) is 0 Å². The van der Waals surface area contributed by atoms with Crippen LogP contribution in [0.4, 0.5) is 0 Å². The zero-order valence-corrected chi connectivity index (χ0v) is 10.6. The Bertz CT molecular complexity index is 817. The fourth-order valence-corrected chi connectivity index (χ4v) is 1.78. The lowest BCUT2D eigenvalue weighted by Gasteiger charge is -2.09. The van der Waals surface area contributed by atoms with Crippen molar-refractivity contribution in [3.8, 4) is 0 Å². The molecule has 1 heterocycles. The van der Waals surface area contributed by atoms with E-state index in [0.29, 0.717) is 0 Å². The van der Waals surface area contributed by atoms with Crippen LogP contribution in [0.15, 0.2) is 21.7 Å². The van der Waals surface area contributed by atoms with Gasteiger partial charge in [-0.1, -0.05) is 0 Å². The molecule has 2 N–H and O–H groups in total. The number of benzene rings is 1. The van der Waals surface area contributed by atoms with Crippen LogP contribution >= 0.6 is 0 Å². The minimum atomic E-state index is -0.940. The highest BCUT2D eigenvalue weighted by atomic mass is 16.5. The van der Waals surface area contributed by atoms with Gasteiger partial charge in [-0.25, -0.2) is 9.59 Å². The molecule has 0 atom stereocenters. The van der Waals surface area contributed by atoms with Crippen molar-refractivity contribution in [1.82, 2.24) is 9.97 Å². The number of hydrogen-bond acceptors (Lipinski definition) is 6. The van der Waals surface area contributed by atoms with Crippen LogP contribution in [0.2, 0.25) is 0 Å². The van der Waals surface area contributed by atoms with Crippen LogP contribution in [-0.4, -0.2) is 36.1 Å². The van der Waals surface area contributed by atoms with Crippen molar-refractivity contribution in [2.24, 2.45) is 0 Å². The molecule has 2 rings (SSSR count). The number of rotatable bonds is 2. The molecule has 0 unspecified atom stereocenters. The fraction of sp³-hybridized carbons (Fsp3) is 0.167. The SMILES string of the molecule is COC(=O)c1ccc2[nH]c(=O)c(=O)[nH]c2c1C(=O)OC. The average molecular weight is 278 g/mol. The molecule has 2 aromatic rings. The number of H-pyrrole nitrogens is 2. The summed E-state index contributed by atoms with van der Waals surface area (Å²) in [4.78, 5) is 50.7. The van der Waals surface area contributed by atoms with Gasteiger partial charge in [-0.3, -0.25) is 9.59 Å². The number of carbonyl (C=O) groups is 2. The Morgan fingerprint density at radius 2 is 1.55 bits per heavy atom. The molecule has 0 spiro atoms. The lowest BCUT2D eigenvalue weighted by Crippen LogP contribution is -2.30. The van der Waals surface area contributed by atoms with Crippen molar-refractivity contribution in [3.05, 3.63) is 44.0 Å². The molecule has 1 aromatic carbocycles. The average Bonchev–Trinajstić information content (AvgIpc) is 2.45. The van der Waals surface area contributed by atoms with E-state index in [9.17, 15) is 19.2 Å². The second-order valence-corrected chi connectivity index (χ2v) is 3.80. The highest BCUT2D eigenvalue weighted by Crippen LogP contribution is 2.19. The van der Waals surface area contributed by atoms with Gasteiger partial charge in [0.25, 0.3) is 0 Å². The number of ether oxygens (including phenoxy) is 2. The smallest absolute Gasteiger partial charge is 0.340 e. The third-order valence-corrected chi connectivity index (χ3v) is 2.69. The second kappa shape index (κ2) is 5.00. The summed E-state index contributed by atoms with van der Waals surface area (Å²) in [5.41, 5.74) is -1.85. The van der Waals surface area contributed by atoms with E-state index in [1.807, 2.05) is 0 Å². The Morgan fingerprint density at radius 3 is 2.15 bits per heavy atom. The minimum absolute atomic E-state index is 0.00403. The Hall–Kier alpha value is -2.90. The summed E-state index contributed by atoms with van der Waals surface area (Å²) in [5, 5.41) is 0. The number of hydrogen-bond donors (Lipinski definition) is 2. The van der Waals surface area contributed by atoms with E-state index in [1.54, 1.807) is 0 Å². The number of fused-ring (bicyclic) bond motifs is 1. The number of aromatic nitrogens is 2. The van der Waals surface area contributed by atoms with E-state index in [-0.39, 0.29) is 22.2 Å². The summed E-state index contributed by atoms with van der Waals surface area (Å²) in [6.45, 7) is 0. The Labute approximate surface area is 111 Å². The largest absolute Gasteiger partial charge is 0.465 e. The normalized spacial score (nSPS) is 10.3. The van der Waals surface area contributed by atoms with E-state index in [4.69, 9.17) is 0 Å². The maximum absolute atomic E-state index is 11.8. The molecule has 0 amide bonds. The van der Waals surface area contributed by atoms with E-state index in [1.165, 1.54) is 12.1 Å². The van der Waals surface area contributed by atoms with E-state index < -0.39 is 23.1 Å². The number of methoxy groups -OCH3 is 2. The molecule has 0 bridgehead atoms. The number of esters is 2. The predicted octanol–water partition coefficient (Wildman–Crippen LogP) is -0.210. The van der Waals surface area contributed by atoms with Crippen molar-refractivity contribution in [3.63, 3.8) is 0 Å². The van der Waals surface area contributed by atoms with Crippen LogP contribution in [0.5, 0.6) is 0 Å². The molecule has 0 aliphatic heterocycles. The molecule has 0 aliphatic rings. The summed E-state index contributed by atoms with van der Waals surface area (Å²) in [7, 11) is 2.29. The first kappa shape index (κ1) is 13.5. The van der Waals surface area contributed by atoms with Gasteiger partial charge in [-0.15, -0.1) is 0 Å². The standard InChI is InChI=1S/C12H10N2O6/c1-19-11(17)5-3-4-6-8(7(5)12(18)20-2)14-10(16)9(15)13-6/h3-4H,1-2H3,(H,13,15)(H,14,16).